The van der Waals surface area contributed by atoms with Crippen LogP contribution >= 0.6 is 0 Å². The lowest BCUT2D eigenvalue weighted by molar-refractivity contribution is -0.110. The quantitative estimate of drug-likeness (QED) is 0.659. The first-order chi connectivity index (χ1) is 11.2. The van der Waals surface area contributed by atoms with Crippen LogP contribution in [-0.4, -0.2) is 25.3 Å². The number of hydrogen-bond donors (Lipinski definition) is 2. The Morgan fingerprint density at radius 3 is 2.26 bits per heavy atom. The molecule has 1 atom stereocenters. The molecule has 2 N–H and O–H groups in total. The molecule has 1 aliphatic rings. The van der Waals surface area contributed by atoms with Crippen LogP contribution in [0.2, 0.25) is 0 Å². The van der Waals surface area contributed by atoms with E-state index in [1.165, 1.54) is 22.3 Å². The smallest absolute Gasteiger partial charge is 0.408 e. The van der Waals surface area contributed by atoms with Crippen molar-refractivity contribution in [1.82, 2.24) is 10.6 Å². The van der Waals surface area contributed by atoms with Crippen LogP contribution in [0.3, 0.4) is 0 Å². The van der Waals surface area contributed by atoms with E-state index < -0.39 is 12.3 Å². The van der Waals surface area contributed by atoms with Crippen molar-refractivity contribution >= 4 is 12.5 Å². The Kier molecular flexibility index (Phi) is 4.28. The molecule has 0 fully saturated rings. The summed E-state index contributed by atoms with van der Waals surface area (Å²) in [6.45, 7) is 1.92. The third-order valence-electron chi connectivity index (χ3n) is 4.00. The van der Waals surface area contributed by atoms with Gasteiger partial charge in [0.05, 0.1) is 0 Å². The molecule has 1 aliphatic carbocycles. The lowest BCUT2D eigenvalue weighted by Gasteiger charge is -2.16. The molecule has 0 saturated carbocycles. The molecule has 0 bridgehead atoms. The Morgan fingerprint density at radius 2 is 1.70 bits per heavy atom. The number of ether oxygens (including phenoxy) is 1. The number of benzene rings is 2. The van der Waals surface area contributed by atoms with Gasteiger partial charge in [0.25, 0.3) is 0 Å². The molecule has 0 heterocycles. The van der Waals surface area contributed by atoms with Gasteiger partial charge in [-0.25, -0.2) is 4.79 Å². The van der Waals surface area contributed by atoms with E-state index in [0.29, 0.717) is 6.41 Å². The monoisotopic (exact) mass is 310 g/mol. The number of rotatable bonds is 5. The molecule has 3 rings (SSSR count). The van der Waals surface area contributed by atoms with Crippen LogP contribution in [0.1, 0.15) is 24.0 Å². The van der Waals surface area contributed by atoms with Crippen LogP contribution in [0.4, 0.5) is 4.79 Å². The summed E-state index contributed by atoms with van der Waals surface area (Å²) in [7, 11) is 0. The number of carbonyl (C=O) groups excluding carboxylic acids is 2. The van der Waals surface area contributed by atoms with Gasteiger partial charge in [-0.3, -0.25) is 4.79 Å². The molecule has 0 aliphatic heterocycles. The third kappa shape index (κ3) is 3.04. The number of fused-ring (bicyclic) bond motifs is 3. The van der Waals surface area contributed by atoms with Crippen LogP contribution < -0.4 is 10.6 Å². The molecule has 2 aromatic carbocycles. The second kappa shape index (κ2) is 6.52. The fourth-order valence-electron chi connectivity index (χ4n) is 2.96. The minimum atomic E-state index is -0.547. The fraction of sp³-hybridized carbons (Fsp3) is 0.222. The molecular formula is C18H18N2O3. The zero-order chi connectivity index (χ0) is 16.2. The number of carbonyl (C=O) groups is 2. The summed E-state index contributed by atoms with van der Waals surface area (Å²) in [4.78, 5) is 22.2. The topological polar surface area (TPSA) is 67.4 Å². The zero-order valence-electron chi connectivity index (χ0n) is 12.8. The second-order valence-corrected chi connectivity index (χ2v) is 5.48. The summed E-state index contributed by atoms with van der Waals surface area (Å²) in [5.74, 6) is 0.0301. The van der Waals surface area contributed by atoms with Crippen LogP contribution in [0.25, 0.3) is 11.1 Å². The molecule has 2 aromatic rings. The summed E-state index contributed by atoms with van der Waals surface area (Å²) < 4.78 is 5.35. The van der Waals surface area contributed by atoms with E-state index in [1.807, 2.05) is 24.3 Å². The summed E-state index contributed by atoms with van der Waals surface area (Å²) in [5, 5.41) is 4.99. The Labute approximate surface area is 134 Å². The molecule has 0 saturated heterocycles. The highest BCUT2D eigenvalue weighted by atomic mass is 16.5. The van der Waals surface area contributed by atoms with Crippen LogP contribution in [0.5, 0.6) is 0 Å². The van der Waals surface area contributed by atoms with Gasteiger partial charge >= 0.3 is 6.09 Å². The van der Waals surface area contributed by atoms with E-state index >= 15 is 0 Å². The molecule has 5 heteroatoms. The first-order valence-corrected chi connectivity index (χ1v) is 7.52. The van der Waals surface area contributed by atoms with Crippen molar-refractivity contribution < 1.29 is 14.3 Å². The van der Waals surface area contributed by atoms with E-state index in [1.54, 1.807) is 6.92 Å². The first kappa shape index (κ1) is 15.1. The fourth-order valence-corrected chi connectivity index (χ4v) is 2.96. The van der Waals surface area contributed by atoms with E-state index in [4.69, 9.17) is 4.74 Å². The molecule has 2 amide bonds. The van der Waals surface area contributed by atoms with Crippen LogP contribution in [0, 0.1) is 0 Å². The van der Waals surface area contributed by atoms with Gasteiger partial charge < -0.3 is 15.4 Å². The van der Waals surface area contributed by atoms with Gasteiger partial charge in [-0.05, 0) is 29.2 Å². The highest BCUT2D eigenvalue weighted by molar-refractivity contribution is 5.79. The van der Waals surface area contributed by atoms with Gasteiger partial charge in [0, 0.05) is 5.92 Å². The van der Waals surface area contributed by atoms with Crippen molar-refractivity contribution in [3.05, 3.63) is 59.7 Å². The molecule has 0 spiro atoms. The van der Waals surface area contributed by atoms with Gasteiger partial charge in [-0.15, -0.1) is 0 Å². The first-order valence-electron chi connectivity index (χ1n) is 7.52. The molecule has 0 aromatic heterocycles. The molecule has 5 nitrogen and oxygen atoms in total. The van der Waals surface area contributed by atoms with Crippen molar-refractivity contribution in [2.75, 3.05) is 6.61 Å². The highest BCUT2D eigenvalue weighted by Crippen LogP contribution is 2.44. The van der Waals surface area contributed by atoms with E-state index in [0.717, 1.165) is 0 Å². The standard InChI is InChI=1S/C18H18N2O3/c1-12(19-11-21)20-18(22)23-10-17-15-8-4-2-6-13(15)14-7-3-5-9-16(14)17/h2-9,11-12,17H,10H2,1H3,(H,19,21)(H,20,22)/t12-/m0/s1. The van der Waals surface area contributed by atoms with Crippen molar-refractivity contribution in [1.29, 1.82) is 0 Å². The minimum Gasteiger partial charge on any atom is -0.449 e. The Hall–Kier alpha value is -2.82. The van der Waals surface area contributed by atoms with Gasteiger partial charge in [0.15, 0.2) is 0 Å². The Balaban J connectivity index is 1.73. The average Bonchev–Trinajstić information content (AvgIpc) is 2.87. The molecular weight excluding hydrogens is 292 g/mol. The lowest BCUT2D eigenvalue weighted by atomic mass is 9.98. The van der Waals surface area contributed by atoms with Crippen LogP contribution in [0.15, 0.2) is 48.5 Å². The predicted molar refractivity (Wildman–Crippen MR) is 86.9 cm³/mol. The largest absolute Gasteiger partial charge is 0.449 e. The maximum absolute atomic E-state index is 11.8. The SMILES string of the molecule is C[C@@H](NC=O)NC(=O)OCC1c2ccccc2-c2ccccc21. The Bertz CT molecular complexity index is 684. The van der Waals surface area contributed by atoms with E-state index in [2.05, 4.69) is 34.9 Å². The van der Waals surface area contributed by atoms with E-state index in [-0.39, 0.29) is 12.5 Å². The molecule has 118 valence electrons. The third-order valence-corrected chi connectivity index (χ3v) is 4.00. The predicted octanol–water partition coefficient (Wildman–Crippen LogP) is 2.62. The maximum Gasteiger partial charge on any atom is 0.408 e. The summed E-state index contributed by atoms with van der Waals surface area (Å²) in [6, 6.07) is 16.3. The Morgan fingerprint density at radius 1 is 1.13 bits per heavy atom. The second-order valence-electron chi connectivity index (χ2n) is 5.48. The summed E-state index contributed by atoms with van der Waals surface area (Å²) in [5.41, 5.74) is 4.71. The molecule has 0 radical (unpaired) electrons. The zero-order valence-corrected chi connectivity index (χ0v) is 12.8. The van der Waals surface area contributed by atoms with Gasteiger partial charge in [0.2, 0.25) is 6.41 Å². The van der Waals surface area contributed by atoms with Gasteiger partial charge in [-0.1, -0.05) is 48.5 Å². The number of nitrogens with one attached hydrogen (secondary N) is 2. The van der Waals surface area contributed by atoms with E-state index in [9.17, 15) is 9.59 Å². The van der Waals surface area contributed by atoms with Gasteiger partial charge in [-0.2, -0.15) is 0 Å². The summed E-state index contributed by atoms with van der Waals surface area (Å²) >= 11 is 0. The highest BCUT2D eigenvalue weighted by Gasteiger charge is 2.29. The normalized spacial score (nSPS) is 13.6. The lowest BCUT2D eigenvalue weighted by Crippen LogP contribution is -2.43. The van der Waals surface area contributed by atoms with Crippen molar-refractivity contribution in [2.24, 2.45) is 0 Å². The maximum atomic E-state index is 11.8. The molecule has 0 unspecified atom stereocenters. The van der Waals surface area contributed by atoms with Crippen molar-refractivity contribution in [3.63, 3.8) is 0 Å². The number of alkyl carbamates (subject to hydrolysis) is 1. The average molecular weight is 310 g/mol. The number of hydrogen-bond acceptors (Lipinski definition) is 3. The van der Waals surface area contributed by atoms with Gasteiger partial charge in [0.1, 0.15) is 12.8 Å². The molecule has 23 heavy (non-hydrogen) atoms. The number of amides is 2. The van der Waals surface area contributed by atoms with Crippen molar-refractivity contribution in [3.8, 4) is 11.1 Å². The minimum absolute atomic E-state index is 0.0301. The van der Waals surface area contributed by atoms with Crippen LogP contribution in [-0.2, 0) is 9.53 Å². The van der Waals surface area contributed by atoms with Crippen molar-refractivity contribution in [2.45, 2.75) is 19.0 Å². The summed E-state index contributed by atoms with van der Waals surface area (Å²) in [6.07, 6.45) is -0.481.